The first-order valence-electron chi connectivity index (χ1n) is 7.48. The molecule has 0 radical (unpaired) electrons. The summed E-state index contributed by atoms with van der Waals surface area (Å²) in [5, 5.41) is 0. The molecule has 0 spiro atoms. The number of hydrogen-bond donors (Lipinski definition) is 1. The van der Waals surface area contributed by atoms with Crippen LogP contribution in [0.25, 0.3) is 11.0 Å². The van der Waals surface area contributed by atoms with E-state index in [4.69, 9.17) is 10.7 Å². The van der Waals surface area contributed by atoms with Gasteiger partial charge in [-0.05, 0) is 56.4 Å². The van der Waals surface area contributed by atoms with Crippen LogP contribution in [0.5, 0.6) is 0 Å². The number of hydrogen-bond acceptors (Lipinski definition) is 3. The van der Waals surface area contributed by atoms with Crippen molar-refractivity contribution in [2.24, 2.45) is 0 Å². The van der Waals surface area contributed by atoms with Crippen molar-refractivity contribution in [2.45, 2.75) is 20.0 Å². The highest BCUT2D eigenvalue weighted by Gasteiger charge is 2.12. The maximum absolute atomic E-state index is 5.78. The maximum atomic E-state index is 5.78. The smallest absolute Gasteiger partial charge is 0.124 e. The number of aromatic nitrogens is 2. The van der Waals surface area contributed by atoms with Gasteiger partial charge in [0, 0.05) is 12.2 Å². The fraction of sp³-hybridized carbons (Fsp3) is 0.278. The molecule has 0 amide bonds. The highest BCUT2D eigenvalue weighted by molar-refractivity contribution is 5.77. The lowest BCUT2D eigenvalue weighted by Crippen LogP contribution is -2.16. The van der Waals surface area contributed by atoms with Crippen LogP contribution in [0.4, 0.5) is 5.69 Å². The third kappa shape index (κ3) is 2.97. The molecule has 0 saturated heterocycles. The van der Waals surface area contributed by atoms with Gasteiger partial charge in [-0.1, -0.05) is 18.2 Å². The van der Waals surface area contributed by atoms with Gasteiger partial charge in [0.25, 0.3) is 0 Å². The molecule has 3 aromatic rings. The zero-order valence-corrected chi connectivity index (χ0v) is 13.4. The average Bonchev–Trinajstić information content (AvgIpc) is 2.77. The maximum Gasteiger partial charge on any atom is 0.124 e. The lowest BCUT2D eigenvalue weighted by Gasteiger charge is -2.13. The van der Waals surface area contributed by atoms with Crippen molar-refractivity contribution in [2.75, 3.05) is 19.8 Å². The largest absolute Gasteiger partial charge is 0.399 e. The lowest BCUT2D eigenvalue weighted by molar-refractivity contribution is 0.384. The minimum Gasteiger partial charge on any atom is -0.399 e. The molecule has 1 heterocycles. The molecule has 2 aromatic carbocycles. The Labute approximate surface area is 131 Å². The summed E-state index contributed by atoms with van der Waals surface area (Å²) in [6, 6.07) is 14.5. The van der Waals surface area contributed by atoms with E-state index in [1.807, 2.05) is 12.1 Å². The van der Waals surface area contributed by atoms with Gasteiger partial charge < -0.3 is 15.2 Å². The number of aryl methyl sites for hydroxylation is 1. The van der Waals surface area contributed by atoms with E-state index in [1.54, 1.807) is 0 Å². The molecule has 0 unspecified atom stereocenters. The van der Waals surface area contributed by atoms with Crippen LogP contribution in [0.3, 0.4) is 0 Å². The summed E-state index contributed by atoms with van der Waals surface area (Å²) in [5.74, 6) is 1.09. The second-order valence-corrected chi connectivity index (χ2v) is 6.09. The summed E-state index contributed by atoms with van der Waals surface area (Å²) in [6.07, 6.45) is 0. The predicted octanol–water partition coefficient (Wildman–Crippen LogP) is 3.04. The molecular weight excluding hydrogens is 272 g/mol. The molecular formula is C18H22N4. The summed E-state index contributed by atoms with van der Waals surface area (Å²) >= 11 is 0. The molecule has 0 fully saturated rings. The van der Waals surface area contributed by atoms with Gasteiger partial charge in [-0.15, -0.1) is 0 Å². The Balaban J connectivity index is 2.06. The Bertz CT molecular complexity index is 785. The fourth-order valence-electron chi connectivity index (χ4n) is 2.68. The molecule has 0 atom stereocenters. The van der Waals surface area contributed by atoms with Crippen molar-refractivity contribution < 1.29 is 0 Å². The highest BCUT2D eigenvalue weighted by atomic mass is 15.2. The van der Waals surface area contributed by atoms with Crippen molar-refractivity contribution in [1.82, 2.24) is 14.5 Å². The standard InChI is InChI=1S/C18H22N4/c1-13-4-9-17-16(10-13)20-18(12-21(2)3)22(17)11-14-5-7-15(19)8-6-14/h4-10H,11-12,19H2,1-3H3. The molecule has 114 valence electrons. The molecule has 4 nitrogen and oxygen atoms in total. The number of rotatable bonds is 4. The number of fused-ring (bicyclic) bond motifs is 1. The highest BCUT2D eigenvalue weighted by Crippen LogP contribution is 2.20. The SMILES string of the molecule is Cc1ccc2c(c1)nc(CN(C)C)n2Cc1ccc(N)cc1. The van der Waals surface area contributed by atoms with Gasteiger partial charge >= 0.3 is 0 Å². The van der Waals surface area contributed by atoms with Gasteiger partial charge in [-0.2, -0.15) is 0 Å². The Morgan fingerprint density at radius 1 is 1.09 bits per heavy atom. The monoisotopic (exact) mass is 294 g/mol. The van der Waals surface area contributed by atoms with Crippen LogP contribution >= 0.6 is 0 Å². The van der Waals surface area contributed by atoms with Gasteiger partial charge in [0.1, 0.15) is 5.82 Å². The molecule has 2 N–H and O–H groups in total. The number of anilines is 1. The topological polar surface area (TPSA) is 47.1 Å². The average molecular weight is 294 g/mol. The number of nitrogens with zero attached hydrogens (tertiary/aromatic N) is 3. The summed E-state index contributed by atoms with van der Waals surface area (Å²) in [7, 11) is 4.14. The quantitative estimate of drug-likeness (QED) is 0.752. The van der Waals surface area contributed by atoms with Crippen LogP contribution in [0.15, 0.2) is 42.5 Å². The first-order valence-corrected chi connectivity index (χ1v) is 7.48. The fourth-order valence-corrected chi connectivity index (χ4v) is 2.68. The minimum absolute atomic E-state index is 0.795. The van der Waals surface area contributed by atoms with Crippen LogP contribution in [-0.4, -0.2) is 28.5 Å². The van der Waals surface area contributed by atoms with E-state index >= 15 is 0 Å². The van der Waals surface area contributed by atoms with E-state index in [9.17, 15) is 0 Å². The zero-order valence-electron chi connectivity index (χ0n) is 13.4. The Kier molecular flexibility index (Phi) is 3.86. The first kappa shape index (κ1) is 14.6. The number of benzene rings is 2. The lowest BCUT2D eigenvalue weighted by atomic mass is 10.2. The van der Waals surface area contributed by atoms with Crippen LogP contribution in [0, 0.1) is 6.92 Å². The molecule has 1 aromatic heterocycles. The zero-order chi connectivity index (χ0) is 15.7. The molecule has 4 heteroatoms. The van der Waals surface area contributed by atoms with Crippen LogP contribution < -0.4 is 5.73 Å². The van der Waals surface area contributed by atoms with Crippen molar-refractivity contribution in [3.05, 3.63) is 59.4 Å². The second-order valence-electron chi connectivity index (χ2n) is 6.09. The first-order chi connectivity index (χ1) is 10.5. The molecule has 0 aliphatic rings. The molecule has 0 aliphatic carbocycles. The Morgan fingerprint density at radius 3 is 2.50 bits per heavy atom. The normalized spacial score (nSPS) is 11.5. The van der Waals surface area contributed by atoms with E-state index in [2.05, 4.69) is 60.8 Å². The van der Waals surface area contributed by atoms with E-state index in [0.29, 0.717) is 0 Å². The number of imidazole rings is 1. The van der Waals surface area contributed by atoms with Crippen molar-refractivity contribution >= 4 is 16.7 Å². The third-order valence-electron chi connectivity index (χ3n) is 3.76. The van der Waals surface area contributed by atoms with Gasteiger partial charge in [-0.3, -0.25) is 0 Å². The van der Waals surface area contributed by atoms with E-state index < -0.39 is 0 Å². The van der Waals surface area contributed by atoms with E-state index in [0.717, 1.165) is 30.1 Å². The van der Waals surface area contributed by atoms with Crippen molar-refractivity contribution in [1.29, 1.82) is 0 Å². The molecule has 0 saturated carbocycles. The summed E-state index contributed by atoms with van der Waals surface area (Å²) in [4.78, 5) is 6.97. The summed E-state index contributed by atoms with van der Waals surface area (Å²) in [5.41, 5.74) is 11.3. The van der Waals surface area contributed by atoms with Crippen LogP contribution in [-0.2, 0) is 13.1 Å². The van der Waals surface area contributed by atoms with E-state index in [1.165, 1.54) is 16.6 Å². The molecule has 3 rings (SSSR count). The predicted molar refractivity (Wildman–Crippen MR) is 91.8 cm³/mol. The van der Waals surface area contributed by atoms with Gasteiger partial charge in [0.15, 0.2) is 0 Å². The van der Waals surface area contributed by atoms with Gasteiger partial charge in [0.05, 0.1) is 17.6 Å². The van der Waals surface area contributed by atoms with Crippen molar-refractivity contribution in [3.63, 3.8) is 0 Å². The van der Waals surface area contributed by atoms with Crippen LogP contribution in [0.1, 0.15) is 17.0 Å². The summed E-state index contributed by atoms with van der Waals surface area (Å²) < 4.78 is 2.29. The third-order valence-corrected chi connectivity index (χ3v) is 3.76. The molecule has 22 heavy (non-hydrogen) atoms. The van der Waals surface area contributed by atoms with Crippen LogP contribution in [0.2, 0.25) is 0 Å². The van der Waals surface area contributed by atoms with Gasteiger partial charge in [-0.25, -0.2) is 4.98 Å². The minimum atomic E-state index is 0.795. The van der Waals surface area contributed by atoms with Gasteiger partial charge in [0.2, 0.25) is 0 Å². The van der Waals surface area contributed by atoms with E-state index in [-0.39, 0.29) is 0 Å². The van der Waals surface area contributed by atoms with Crippen molar-refractivity contribution in [3.8, 4) is 0 Å². The molecule has 0 bridgehead atoms. The summed E-state index contributed by atoms with van der Waals surface area (Å²) in [6.45, 7) is 3.73. The number of nitrogen functional groups attached to an aromatic ring is 1. The Morgan fingerprint density at radius 2 is 1.82 bits per heavy atom. The number of nitrogens with two attached hydrogens (primary N) is 1. The Hall–Kier alpha value is -2.33. The second kappa shape index (κ2) is 5.81. The molecule has 0 aliphatic heterocycles.